The Hall–Kier alpha value is -1.85. The third-order valence-electron chi connectivity index (χ3n) is 2.60. The van der Waals surface area contributed by atoms with Gasteiger partial charge in [-0.25, -0.2) is 0 Å². The minimum Gasteiger partial charge on any atom is -0.490 e. The molecule has 1 amide bonds. The summed E-state index contributed by atoms with van der Waals surface area (Å²) in [5.41, 5.74) is 6.27. The van der Waals surface area contributed by atoms with Crippen molar-refractivity contribution in [2.24, 2.45) is 5.73 Å². The van der Waals surface area contributed by atoms with Crippen molar-refractivity contribution < 1.29 is 14.3 Å². The van der Waals surface area contributed by atoms with Gasteiger partial charge in [0.2, 0.25) is 0 Å². The van der Waals surface area contributed by atoms with Crippen LogP contribution in [0.15, 0.2) is 24.4 Å². The number of fused-ring (bicyclic) bond motifs is 1. The first-order valence-corrected chi connectivity index (χ1v) is 6.01. The highest BCUT2D eigenvalue weighted by Gasteiger charge is 2.13. The van der Waals surface area contributed by atoms with Crippen molar-refractivity contribution in [3.05, 3.63) is 35.0 Å². The largest absolute Gasteiger partial charge is 0.490 e. The fraction of sp³-hybridized carbons (Fsp3) is 0.231. The summed E-state index contributed by atoms with van der Waals surface area (Å²) in [6.45, 7) is 0.738. The molecule has 0 saturated heterocycles. The highest BCUT2D eigenvalue weighted by Crippen LogP contribution is 2.29. The van der Waals surface area contributed by atoms with Crippen molar-refractivity contribution in [3.63, 3.8) is 0 Å². The zero-order valence-electron chi connectivity index (χ0n) is 10.4. The lowest BCUT2D eigenvalue weighted by Gasteiger charge is -2.11. The SMILES string of the molecule is COCCOc1cc2nccc(Cl)c2cc1C(N)=O. The molecule has 1 aromatic heterocycles. The number of benzene rings is 1. The molecule has 0 aliphatic rings. The molecule has 0 radical (unpaired) electrons. The van der Waals surface area contributed by atoms with Gasteiger partial charge in [0, 0.05) is 24.8 Å². The predicted molar refractivity (Wildman–Crippen MR) is 72.6 cm³/mol. The molecule has 0 fully saturated rings. The Labute approximate surface area is 115 Å². The van der Waals surface area contributed by atoms with E-state index in [2.05, 4.69) is 4.98 Å². The number of carbonyl (C=O) groups excluding carboxylic acids is 1. The van der Waals surface area contributed by atoms with Crippen molar-refractivity contribution in [3.8, 4) is 5.75 Å². The Bertz CT molecular complexity index is 616. The second-order valence-electron chi connectivity index (χ2n) is 3.86. The number of primary amides is 1. The molecule has 5 nitrogen and oxygen atoms in total. The van der Waals surface area contributed by atoms with Crippen LogP contribution in [-0.4, -0.2) is 31.2 Å². The van der Waals surface area contributed by atoms with Crippen LogP contribution in [0, 0.1) is 0 Å². The van der Waals surface area contributed by atoms with Gasteiger partial charge in [-0.05, 0) is 12.1 Å². The van der Waals surface area contributed by atoms with Crippen molar-refractivity contribution in [1.82, 2.24) is 4.98 Å². The molecule has 0 aliphatic carbocycles. The standard InChI is InChI=1S/C13H13ClN2O3/c1-18-4-5-19-12-7-11-8(6-9(12)13(15)17)10(14)2-3-16-11/h2-3,6-7H,4-5H2,1H3,(H2,15,17). The maximum Gasteiger partial charge on any atom is 0.252 e. The minimum absolute atomic E-state index is 0.276. The van der Waals surface area contributed by atoms with Crippen LogP contribution in [0.25, 0.3) is 10.9 Å². The van der Waals surface area contributed by atoms with Gasteiger partial charge in [-0.3, -0.25) is 9.78 Å². The van der Waals surface area contributed by atoms with Gasteiger partial charge in [0.15, 0.2) is 0 Å². The number of halogens is 1. The first-order valence-electron chi connectivity index (χ1n) is 5.63. The van der Waals surface area contributed by atoms with Crippen LogP contribution in [-0.2, 0) is 4.74 Å². The number of hydrogen-bond acceptors (Lipinski definition) is 4. The molecule has 0 unspecified atom stereocenters. The van der Waals surface area contributed by atoms with E-state index in [1.165, 1.54) is 0 Å². The molecule has 0 atom stereocenters. The van der Waals surface area contributed by atoms with Gasteiger partial charge in [-0.2, -0.15) is 0 Å². The Balaban J connectivity index is 2.48. The third kappa shape index (κ3) is 2.94. The lowest BCUT2D eigenvalue weighted by atomic mass is 10.1. The second kappa shape index (κ2) is 5.86. The van der Waals surface area contributed by atoms with Gasteiger partial charge < -0.3 is 15.2 Å². The number of pyridine rings is 1. The molecule has 0 spiro atoms. The minimum atomic E-state index is -0.575. The molecule has 1 heterocycles. The fourth-order valence-electron chi connectivity index (χ4n) is 1.69. The van der Waals surface area contributed by atoms with Gasteiger partial charge >= 0.3 is 0 Å². The summed E-state index contributed by atoms with van der Waals surface area (Å²) in [5.74, 6) is -0.193. The summed E-state index contributed by atoms with van der Waals surface area (Å²) in [6, 6.07) is 4.90. The monoisotopic (exact) mass is 280 g/mol. The number of nitrogens with two attached hydrogens (primary N) is 1. The number of rotatable bonds is 5. The topological polar surface area (TPSA) is 74.4 Å². The van der Waals surface area contributed by atoms with Crippen molar-refractivity contribution in [2.45, 2.75) is 0 Å². The lowest BCUT2D eigenvalue weighted by Crippen LogP contribution is -2.14. The number of ether oxygens (including phenoxy) is 2. The first kappa shape index (κ1) is 13.6. The van der Waals surface area contributed by atoms with E-state index in [-0.39, 0.29) is 5.56 Å². The predicted octanol–water partition coefficient (Wildman–Crippen LogP) is 2.01. The number of methoxy groups -OCH3 is 1. The Morgan fingerprint density at radius 1 is 1.42 bits per heavy atom. The van der Waals surface area contributed by atoms with Crippen LogP contribution in [0.4, 0.5) is 0 Å². The van der Waals surface area contributed by atoms with Gasteiger partial charge in [0.1, 0.15) is 12.4 Å². The molecule has 2 aromatic rings. The summed E-state index contributed by atoms with van der Waals surface area (Å²) >= 11 is 6.06. The second-order valence-corrected chi connectivity index (χ2v) is 4.27. The van der Waals surface area contributed by atoms with E-state index >= 15 is 0 Å². The molecule has 0 saturated carbocycles. The molecule has 0 aliphatic heterocycles. The van der Waals surface area contributed by atoms with Crippen LogP contribution >= 0.6 is 11.6 Å². The van der Waals surface area contributed by atoms with Crippen molar-refractivity contribution in [2.75, 3.05) is 20.3 Å². The zero-order valence-corrected chi connectivity index (χ0v) is 11.1. The Morgan fingerprint density at radius 2 is 2.21 bits per heavy atom. The maximum atomic E-state index is 11.5. The quantitative estimate of drug-likeness (QED) is 0.850. The number of aromatic nitrogens is 1. The molecule has 2 rings (SSSR count). The van der Waals surface area contributed by atoms with Crippen LogP contribution in [0.2, 0.25) is 5.02 Å². The Morgan fingerprint density at radius 3 is 2.89 bits per heavy atom. The van der Waals surface area contributed by atoms with E-state index in [9.17, 15) is 4.79 Å². The summed E-state index contributed by atoms with van der Waals surface area (Å²) in [6.07, 6.45) is 1.59. The fourth-order valence-corrected chi connectivity index (χ4v) is 1.89. The van der Waals surface area contributed by atoms with Crippen LogP contribution in [0.1, 0.15) is 10.4 Å². The number of carbonyl (C=O) groups is 1. The van der Waals surface area contributed by atoms with Gasteiger partial charge in [0.05, 0.1) is 22.7 Å². The average Bonchev–Trinajstić information content (AvgIpc) is 2.38. The zero-order chi connectivity index (χ0) is 13.8. The van der Waals surface area contributed by atoms with Crippen LogP contribution < -0.4 is 10.5 Å². The highest BCUT2D eigenvalue weighted by molar-refractivity contribution is 6.35. The van der Waals surface area contributed by atoms with Gasteiger partial charge in [0.25, 0.3) is 5.91 Å². The number of hydrogen-bond donors (Lipinski definition) is 1. The molecule has 0 bridgehead atoms. The molecule has 6 heteroatoms. The molecular weight excluding hydrogens is 268 g/mol. The molecule has 2 N–H and O–H groups in total. The Kier molecular flexibility index (Phi) is 4.19. The molecule has 1 aromatic carbocycles. The first-order chi connectivity index (χ1) is 9.13. The van der Waals surface area contributed by atoms with E-state index in [1.54, 1.807) is 31.5 Å². The summed E-state index contributed by atoms with van der Waals surface area (Å²) in [5, 5.41) is 1.17. The normalized spacial score (nSPS) is 10.6. The summed E-state index contributed by atoms with van der Waals surface area (Å²) in [4.78, 5) is 15.6. The van der Waals surface area contributed by atoms with Crippen molar-refractivity contribution >= 4 is 28.4 Å². The van der Waals surface area contributed by atoms with Crippen LogP contribution in [0.5, 0.6) is 5.75 Å². The van der Waals surface area contributed by atoms with Crippen LogP contribution in [0.3, 0.4) is 0 Å². The molecule has 100 valence electrons. The van der Waals surface area contributed by atoms with Crippen molar-refractivity contribution in [1.29, 1.82) is 0 Å². The van der Waals surface area contributed by atoms with E-state index < -0.39 is 5.91 Å². The molecule has 19 heavy (non-hydrogen) atoms. The maximum absolute atomic E-state index is 11.5. The smallest absolute Gasteiger partial charge is 0.252 e. The average molecular weight is 281 g/mol. The highest BCUT2D eigenvalue weighted by atomic mass is 35.5. The number of amides is 1. The summed E-state index contributed by atoms with van der Waals surface area (Å²) < 4.78 is 10.4. The summed E-state index contributed by atoms with van der Waals surface area (Å²) in [7, 11) is 1.57. The third-order valence-corrected chi connectivity index (χ3v) is 2.93. The number of nitrogens with zero attached hydrogens (tertiary/aromatic N) is 1. The molecular formula is C13H13ClN2O3. The van der Waals surface area contributed by atoms with E-state index in [0.717, 1.165) is 0 Å². The van der Waals surface area contributed by atoms with Gasteiger partial charge in [-0.1, -0.05) is 11.6 Å². The lowest BCUT2D eigenvalue weighted by molar-refractivity contribution is 0.0992. The van der Waals surface area contributed by atoms with E-state index in [4.69, 9.17) is 26.8 Å². The van der Waals surface area contributed by atoms with E-state index in [0.29, 0.717) is 34.9 Å². The van der Waals surface area contributed by atoms with E-state index in [1.807, 2.05) is 0 Å². The van der Waals surface area contributed by atoms with Gasteiger partial charge in [-0.15, -0.1) is 0 Å².